The minimum absolute atomic E-state index is 0.0126. The number of carbonyl (C=O) groups is 1. The Morgan fingerprint density at radius 3 is 2.74 bits per heavy atom. The van der Waals surface area contributed by atoms with Gasteiger partial charge in [-0.1, -0.05) is 18.2 Å². The molecule has 2 atom stereocenters. The Hall–Kier alpha value is -2.58. The second-order valence-corrected chi connectivity index (χ2v) is 8.74. The molecule has 0 spiro atoms. The molecule has 0 N–H and O–H groups in total. The number of aromatic nitrogens is 3. The number of Topliss-reactive ketones (excluding diaryl/α,β-unsaturated/α-hetero) is 1. The van der Waals surface area contributed by atoms with E-state index in [1.54, 1.807) is 18.3 Å². The van der Waals surface area contributed by atoms with E-state index in [1.165, 1.54) is 9.08 Å². The van der Waals surface area contributed by atoms with Crippen molar-refractivity contribution in [3.8, 4) is 0 Å². The number of hydrogen-bond donors (Lipinski definition) is 0. The molecule has 3 aliphatic rings. The molecule has 0 saturated carbocycles. The minimum atomic E-state index is -0.294. The fraction of sp³-hybridized carbons (Fsp3) is 0.522. The maximum Gasteiger partial charge on any atom is 0.350 e. The lowest BCUT2D eigenvalue weighted by molar-refractivity contribution is -0.123. The van der Waals surface area contributed by atoms with Gasteiger partial charge in [-0.15, -0.1) is 5.10 Å². The van der Waals surface area contributed by atoms with Crippen LogP contribution in [0.3, 0.4) is 0 Å². The van der Waals surface area contributed by atoms with Crippen LogP contribution in [0.2, 0.25) is 0 Å². The lowest BCUT2D eigenvalue weighted by atomic mass is 9.99. The predicted octanol–water partition coefficient (Wildman–Crippen LogP) is 2.65. The molecule has 0 amide bonds. The molecule has 7 nitrogen and oxygen atoms in total. The Morgan fingerprint density at radius 1 is 1.19 bits per heavy atom. The van der Waals surface area contributed by atoms with E-state index >= 15 is 0 Å². The molecule has 2 unspecified atom stereocenters. The Kier molecular flexibility index (Phi) is 5.58. The molecule has 2 aliphatic heterocycles. The first kappa shape index (κ1) is 20.3. The molecule has 0 aromatic carbocycles. The average molecular weight is 426 g/mol. The zero-order chi connectivity index (χ0) is 21.4. The third-order valence-electron chi connectivity index (χ3n) is 6.69. The molecular formula is C23H27FN4O3. The van der Waals surface area contributed by atoms with Crippen molar-refractivity contribution in [3.63, 3.8) is 0 Å². The minimum Gasteiger partial charge on any atom is -0.373 e. The summed E-state index contributed by atoms with van der Waals surface area (Å²) in [5.74, 6) is -0.0722. The summed E-state index contributed by atoms with van der Waals surface area (Å²) in [6.45, 7) is 0.628. The van der Waals surface area contributed by atoms with Gasteiger partial charge < -0.3 is 4.74 Å². The van der Waals surface area contributed by atoms with E-state index in [-0.39, 0.29) is 29.9 Å². The first-order valence-corrected chi connectivity index (χ1v) is 11.1. The van der Waals surface area contributed by atoms with Gasteiger partial charge in [-0.2, -0.15) is 0 Å². The Balaban J connectivity index is 1.18. The van der Waals surface area contributed by atoms with Crippen molar-refractivity contribution in [2.45, 2.75) is 63.3 Å². The Bertz CT molecular complexity index is 1090. The molecule has 5 rings (SSSR count). The van der Waals surface area contributed by atoms with Crippen LogP contribution in [-0.4, -0.2) is 56.2 Å². The summed E-state index contributed by atoms with van der Waals surface area (Å²) < 4.78 is 22.7. The maximum absolute atomic E-state index is 13.9. The molecule has 1 aliphatic carbocycles. The van der Waals surface area contributed by atoms with E-state index in [0.29, 0.717) is 42.9 Å². The van der Waals surface area contributed by atoms with Crippen LogP contribution in [0.5, 0.6) is 0 Å². The van der Waals surface area contributed by atoms with Gasteiger partial charge in [0.1, 0.15) is 12.4 Å². The van der Waals surface area contributed by atoms with Crippen LogP contribution in [0.1, 0.15) is 38.5 Å². The number of hydrogen-bond acceptors (Lipinski definition) is 5. The van der Waals surface area contributed by atoms with Gasteiger partial charge in [-0.05, 0) is 44.2 Å². The fourth-order valence-electron chi connectivity index (χ4n) is 5.13. The molecular weight excluding hydrogens is 399 g/mol. The van der Waals surface area contributed by atoms with Gasteiger partial charge in [0.15, 0.2) is 11.4 Å². The van der Waals surface area contributed by atoms with Gasteiger partial charge in [-0.25, -0.2) is 13.9 Å². The molecule has 8 heteroatoms. The van der Waals surface area contributed by atoms with E-state index in [0.717, 1.165) is 32.1 Å². The highest BCUT2D eigenvalue weighted by Crippen LogP contribution is 2.37. The van der Waals surface area contributed by atoms with Gasteiger partial charge in [0.25, 0.3) is 0 Å². The quantitative estimate of drug-likeness (QED) is 0.681. The van der Waals surface area contributed by atoms with Crippen LogP contribution in [-0.2, 0) is 16.1 Å². The van der Waals surface area contributed by atoms with Gasteiger partial charge in [0.2, 0.25) is 0 Å². The maximum atomic E-state index is 13.9. The first-order chi connectivity index (χ1) is 15.1. The highest BCUT2D eigenvalue weighted by atomic mass is 19.1. The summed E-state index contributed by atoms with van der Waals surface area (Å²) in [6, 6.07) is 5.92. The molecule has 2 aromatic rings. The number of ether oxygens (including phenoxy) is 1. The third kappa shape index (κ3) is 4.14. The van der Waals surface area contributed by atoms with Crippen molar-refractivity contribution >= 4 is 11.4 Å². The molecule has 31 heavy (non-hydrogen) atoms. The monoisotopic (exact) mass is 426 g/mol. The number of nitrogens with zero attached hydrogens (tertiary/aromatic N) is 4. The van der Waals surface area contributed by atoms with Crippen molar-refractivity contribution in [2.24, 2.45) is 0 Å². The van der Waals surface area contributed by atoms with E-state index in [9.17, 15) is 14.0 Å². The summed E-state index contributed by atoms with van der Waals surface area (Å²) in [6.07, 6.45) is 10.6. The number of carbonyl (C=O) groups excluding carboxylic acids is 1. The van der Waals surface area contributed by atoms with Crippen molar-refractivity contribution < 1.29 is 13.9 Å². The number of piperidine rings is 1. The zero-order valence-corrected chi connectivity index (χ0v) is 17.5. The number of pyridine rings is 1. The smallest absolute Gasteiger partial charge is 0.350 e. The number of ketones is 1. The molecule has 2 bridgehead atoms. The molecule has 2 aromatic heterocycles. The second kappa shape index (κ2) is 8.51. The topological polar surface area (TPSA) is 68.8 Å². The number of allylic oxidation sites excluding steroid dienone is 2. The summed E-state index contributed by atoms with van der Waals surface area (Å²) in [5, 5.41) is 4.25. The summed E-state index contributed by atoms with van der Waals surface area (Å²) in [4.78, 5) is 27.4. The molecule has 2 fully saturated rings. The SMILES string of the molecule is O=C(CN1C2CCC1CC(OCC1=C(F)CCC=C1)C2)Cn1nc2ccccn2c1=O. The van der Waals surface area contributed by atoms with E-state index in [4.69, 9.17) is 4.74 Å². The summed E-state index contributed by atoms with van der Waals surface area (Å²) in [7, 11) is 0. The zero-order valence-electron chi connectivity index (χ0n) is 17.5. The van der Waals surface area contributed by atoms with Crippen LogP contribution in [0, 0.1) is 0 Å². The fourth-order valence-corrected chi connectivity index (χ4v) is 5.13. The van der Waals surface area contributed by atoms with Gasteiger partial charge in [0, 0.05) is 30.3 Å². The normalized spacial score (nSPS) is 26.2. The van der Waals surface area contributed by atoms with Crippen LogP contribution in [0.25, 0.3) is 5.65 Å². The standard InChI is InChI=1S/C23H27FN4O3/c24-21-6-2-1-5-16(21)15-31-20-11-17-8-9-18(12-20)27(17)13-19(29)14-28-23(30)26-10-4-3-7-22(26)25-28/h1,3-5,7,10,17-18,20H,2,6,8-9,11-15H2. The summed E-state index contributed by atoms with van der Waals surface area (Å²) in [5.41, 5.74) is 0.907. The Labute approximate surface area is 179 Å². The van der Waals surface area contributed by atoms with Crippen molar-refractivity contribution in [2.75, 3.05) is 13.2 Å². The lowest BCUT2D eigenvalue weighted by Crippen LogP contribution is -2.48. The second-order valence-electron chi connectivity index (χ2n) is 8.74. The highest BCUT2D eigenvalue weighted by molar-refractivity contribution is 5.80. The van der Waals surface area contributed by atoms with Crippen LogP contribution < -0.4 is 5.69 Å². The molecule has 164 valence electrons. The highest BCUT2D eigenvalue weighted by Gasteiger charge is 2.41. The van der Waals surface area contributed by atoms with Crippen LogP contribution >= 0.6 is 0 Å². The van der Waals surface area contributed by atoms with Gasteiger partial charge >= 0.3 is 5.69 Å². The molecule has 2 saturated heterocycles. The third-order valence-corrected chi connectivity index (χ3v) is 6.69. The predicted molar refractivity (Wildman–Crippen MR) is 113 cm³/mol. The van der Waals surface area contributed by atoms with E-state index in [2.05, 4.69) is 10.00 Å². The Morgan fingerprint density at radius 2 is 2.00 bits per heavy atom. The van der Waals surface area contributed by atoms with E-state index < -0.39 is 0 Å². The van der Waals surface area contributed by atoms with Crippen LogP contribution in [0.4, 0.5) is 4.39 Å². The van der Waals surface area contributed by atoms with Crippen molar-refractivity contribution in [1.82, 2.24) is 19.1 Å². The largest absolute Gasteiger partial charge is 0.373 e. The van der Waals surface area contributed by atoms with E-state index in [1.807, 2.05) is 18.2 Å². The summed E-state index contributed by atoms with van der Waals surface area (Å²) >= 11 is 0. The van der Waals surface area contributed by atoms with Crippen LogP contribution in [0.15, 0.2) is 52.7 Å². The lowest BCUT2D eigenvalue weighted by Gasteiger charge is -2.38. The first-order valence-electron chi connectivity index (χ1n) is 11.1. The van der Waals surface area contributed by atoms with Gasteiger partial charge in [-0.3, -0.25) is 14.1 Å². The van der Waals surface area contributed by atoms with Crippen molar-refractivity contribution in [3.05, 3.63) is 58.4 Å². The average Bonchev–Trinajstić information content (AvgIpc) is 3.19. The molecule has 0 radical (unpaired) electrons. The number of fused-ring (bicyclic) bond motifs is 3. The van der Waals surface area contributed by atoms with Crippen molar-refractivity contribution in [1.29, 1.82) is 0 Å². The number of halogens is 1. The van der Waals surface area contributed by atoms with Gasteiger partial charge in [0.05, 0.1) is 19.3 Å². The molecule has 4 heterocycles. The number of rotatable bonds is 7.